The van der Waals surface area contributed by atoms with Crippen molar-refractivity contribution in [2.75, 3.05) is 14.1 Å². The topological polar surface area (TPSA) is 42.2 Å². The maximum Gasteiger partial charge on any atom is 0.0975 e. The van der Waals surface area contributed by atoms with Gasteiger partial charge in [0.2, 0.25) is 0 Å². The summed E-state index contributed by atoms with van der Waals surface area (Å²) >= 11 is 1.80. The summed E-state index contributed by atoms with van der Waals surface area (Å²) in [5, 5.41) is 1.23. The Labute approximate surface area is 82.6 Å². The Morgan fingerprint density at radius 2 is 2.38 bits per heavy atom. The monoisotopic (exact) mass is 197 g/mol. The Hall–Kier alpha value is -0.450. The van der Waals surface area contributed by atoms with Crippen LogP contribution >= 0.6 is 11.3 Å². The lowest BCUT2D eigenvalue weighted by molar-refractivity contribution is 0.406. The third-order valence-corrected chi connectivity index (χ3v) is 3.31. The summed E-state index contributed by atoms with van der Waals surface area (Å²) in [4.78, 5) is 7.88. The van der Waals surface area contributed by atoms with E-state index in [4.69, 9.17) is 5.73 Å². The van der Waals surface area contributed by atoms with Gasteiger partial charge in [-0.15, -0.1) is 11.3 Å². The van der Waals surface area contributed by atoms with Crippen molar-refractivity contribution in [3.63, 3.8) is 0 Å². The minimum absolute atomic E-state index is 0.373. The number of thiazole rings is 1. The Morgan fingerprint density at radius 3 is 2.92 bits per heavy atom. The van der Waals surface area contributed by atoms with Crippen molar-refractivity contribution >= 4 is 11.3 Å². The fourth-order valence-corrected chi connectivity index (χ4v) is 2.60. The summed E-state index contributed by atoms with van der Waals surface area (Å²) in [6.07, 6.45) is 3.10. The Kier molecular flexibility index (Phi) is 2.36. The van der Waals surface area contributed by atoms with E-state index in [9.17, 15) is 0 Å². The maximum atomic E-state index is 5.77. The average molecular weight is 197 g/mol. The number of hydrogen-bond donors (Lipinski definition) is 1. The van der Waals surface area contributed by atoms with Gasteiger partial charge in [0.15, 0.2) is 0 Å². The minimum atomic E-state index is 0.373. The molecular weight excluding hydrogens is 182 g/mol. The van der Waals surface area contributed by atoms with Gasteiger partial charge in [-0.25, -0.2) is 4.98 Å². The number of aromatic nitrogens is 1. The molecule has 0 aromatic carbocycles. The van der Waals surface area contributed by atoms with Gasteiger partial charge in [-0.2, -0.15) is 0 Å². The second-order valence-corrected chi connectivity index (χ2v) is 5.06. The van der Waals surface area contributed by atoms with Crippen molar-refractivity contribution in [2.45, 2.75) is 24.9 Å². The molecule has 1 aromatic heterocycles. The van der Waals surface area contributed by atoms with Crippen LogP contribution in [0.15, 0.2) is 6.20 Å². The molecule has 4 heteroatoms. The number of rotatable bonds is 3. The van der Waals surface area contributed by atoms with E-state index in [1.807, 2.05) is 6.20 Å². The van der Waals surface area contributed by atoms with Gasteiger partial charge < -0.3 is 10.6 Å². The summed E-state index contributed by atoms with van der Waals surface area (Å²) < 4.78 is 0. The van der Waals surface area contributed by atoms with E-state index in [0.717, 1.165) is 13.0 Å². The van der Waals surface area contributed by atoms with Crippen molar-refractivity contribution in [3.8, 4) is 0 Å². The van der Waals surface area contributed by atoms with Crippen molar-refractivity contribution < 1.29 is 0 Å². The largest absolute Gasteiger partial charge is 0.327 e. The predicted octanol–water partition coefficient (Wildman–Crippen LogP) is 1.02. The van der Waals surface area contributed by atoms with E-state index in [1.54, 1.807) is 11.3 Å². The smallest absolute Gasteiger partial charge is 0.0975 e. The van der Waals surface area contributed by atoms with E-state index >= 15 is 0 Å². The van der Waals surface area contributed by atoms with Crippen LogP contribution in [0.1, 0.15) is 22.2 Å². The normalized spacial score (nSPS) is 26.8. The standard InChI is InChI=1S/C9H15N3S/c1-12(2)5-6-4-11-9(13-6)7-3-8(7)10/h4,7-8H,3,5,10H2,1-2H3/t7-,8-/m1/s1. The molecule has 1 aromatic rings. The molecule has 3 nitrogen and oxygen atoms in total. The molecule has 13 heavy (non-hydrogen) atoms. The molecule has 0 radical (unpaired) electrons. The molecule has 2 rings (SSSR count). The molecule has 2 atom stereocenters. The van der Waals surface area contributed by atoms with Crippen molar-refractivity contribution in [2.24, 2.45) is 5.73 Å². The van der Waals surface area contributed by atoms with Crippen LogP contribution < -0.4 is 5.73 Å². The fraction of sp³-hybridized carbons (Fsp3) is 0.667. The van der Waals surface area contributed by atoms with Crippen molar-refractivity contribution in [3.05, 3.63) is 16.1 Å². The first-order valence-corrected chi connectivity index (χ1v) is 5.33. The zero-order chi connectivity index (χ0) is 9.42. The average Bonchev–Trinajstić information content (AvgIpc) is 2.60. The highest BCUT2D eigenvalue weighted by atomic mass is 32.1. The van der Waals surface area contributed by atoms with Crippen LogP contribution in [0, 0.1) is 0 Å². The Morgan fingerprint density at radius 1 is 1.69 bits per heavy atom. The SMILES string of the molecule is CN(C)Cc1cnc([C@@H]2C[C@H]2N)s1. The summed E-state index contributed by atoms with van der Waals surface area (Å²) in [6, 6.07) is 0.373. The van der Waals surface area contributed by atoms with Crippen LogP contribution in [0.4, 0.5) is 0 Å². The molecule has 72 valence electrons. The van der Waals surface area contributed by atoms with Crippen LogP contribution in [0.3, 0.4) is 0 Å². The zero-order valence-electron chi connectivity index (χ0n) is 8.03. The lowest BCUT2D eigenvalue weighted by atomic mass is 10.4. The first kappa shape index (κ1) is 9.12. The highest BCUT2D eigenvalue weighted by Crippen LogP contribution is 2.40. The van der Waals surface area contributed by atoms with E-state index in [2.05, 4.69) is 24.0 Å². The lowest BCUT2D eigenvalue weighted by Gasteiger charge is -2.05. The van der Waals surface area contributed by atoms with Gasteiger partial charge in [0, 0.05) is 29.6 Å². The van der Waals surface area contributed by atoms with Gasteiger partial charge in [0.25, 0.3) is 0 Å². The second-order valence-electron chi connectivity index (χ2n) is 3.91. The molecule has 1 aliphatic rings. The first-order chi connectivity index (χ1) is 6.16. The Balaban J connectivity index is 2.01. The quantitative estimate of drug-likeness (QED) is 0.786. The highest BCUT2D eigenvalue weighted by Gasteiger charge is 2.37. The third-order valence-electron chi connectivity index (χ3n) is 2.20. The van der Waals surface area contributed by atoms with Crippen LogP contribution in [0.2, 0.25) is 0 Å². The summed E-state index contributed by atoms with van der Waals surface area (Å²) in [7, 11) is 4.14. The van der Waals surface area contributed by atoms with Crippen molar-refractivity contribution in [1.82, 2.24) is 9.88 Å². The van der Waals surface area contributed by atoms with Gasteiger partial charge in [0.05, 0.1) is 5.01 Å². The molecule has 1 saturated carbocycles. The van der Waals surface area contributed by atoms with Gasteiger partial charge in [-0.3, -0.25) is 0 Å². The van der Waals surface area contributed by atoms with Gasteiger partial charge in [-0.1, -0.05) is 0 Å². The number of nitrogens with two attached hydrogens (primary N) is 1. The molecule has 0 amide bonds. The Bertz CT molecular complexity index is 295. The van der Waals surface area contributed by atoms with E-state index in [1.165, 1.54) is 9.88 Å². The highest BCUT2D eigenvalue weighted by molar-refractivity contribution is 7.11. The minimum Gasteiger partial charge on any atom is -0.327 e. The molecular formula is C9H15N3S. The number of nitrogens with zero attached hydrogens (tertiary/aromatic N) is 2. The molecule has 0 aliphatic heterocycles. The molecule has 1 fully saturated rings. The predicted molar refractivity (Wildman–Crippen MR) is 54.8 cm³/mol. The molecule has 1 aliphatic carbocycles. The third kappa shape index (κ3) is 2.07. The summed E-state index contributed by atoms with van der Waals surface area (Å²) in [5.74, 6) is 0.556. The van der Waals surface area contributed by atoms with Crippen molar-refractivity contribution in [1.29, 1.82) is 0 Å². The van der Waals surface area contributed by atoms with Gasteiger partial charge in [0.1, 0.15) is 0 Å². The second kappa shape index (κ2) is 3.36. The molecule has 2 N–H and O–H groups in total. The molecule has 0 spiro atoms. The van der Waals surface area contributed by atoms with Crippen LogP contribution in [-0.4, -0.2) is 30.0 Å². The first-order valence-electron chi connectivity index (χ1n) is 4.51. The molecule has 0 saturated heterocycles. The van der Waals surface area contributed by atoms with Crippen LogP contribution in [0.5, 0.6) is 0 Å². The zero-order valence-corrected chi connectivity index (χ0v) is 8.84. The molecule has 1 heterocycles. The maximum absolute atomic E-state index is 5.77. The number of hydrogen-bond acceptors (Lipinski definition) is 4. The van der Waals surface area contributed by atoms with Crippen LogP contribution in [-0.2, 0) is 6.54 Å². The van der Waals surface area contributed by atoms with E-state index in [0.29, 0.717) is 12.0 Å². The van der Waals surface area contributed by atoms with E-state index < -0.39 is 0 Å². The van der Waals surface area contributed by atoms with Gasteiger partial charge >= 0.3 is 0 Å². The fourth-order valence-electron chi connectivity index (χ4n) is 1.38. The van der Waals surface area contributed by atoms with E-state index in [-0.39, 0.29) is 0 Å². The summed E-state index contributed by atoms with van der Waals surface area (Å²) in [6.45, 7) is 0.986. The van der Waals surface area contributed by atoms with Gasteiger partial charge in [-0.05, 0) is 20.5 Å². The summed E-state index contributed by atoms with van der Waals surface area (Å²) in [5.41, 5.74) is 5.77. The molecule has 0 bridgehead atoms. The lowest BCUT2D eigenvalue weighted by Crippen LogP contribution is -2.09. The van der Waals surface area contributed by atoms with Crippen LogP contribution in [0.25, 0.3) is 0 Å². The molecule has 0 unspecified atom stereocenters.